The molecule has 8 heteroatoms. The number of carboxylic acid groups (broad SMARTS) is 1. The van der Waals surface area contributed by atoms with Crippen LogP contribution in [0.4, 0.5) is 5.82 Å². The van der Waals surface area contributed by atoms with Crippen molar-refractivity contribution < 1.29 is 9.90 Å². The van der Waals surface area contributed by atoms with E-state index in [0.717, 1.165) is 11.1 Å². The highest BCUT2D eigenvalue weighted by Crippen LogP contribution is 2.25. The van der Waals surface area contributed by atoms with E-state index in [0.29, 0.717) is 13.1 Å². The molecule has 0 saturated carbocycles. The monoisotopic (exact) mass is 274 g/mol. The molecule has 1 aromatic heterocycles. The van der Waals surface area contributed by atoms with Crippen LogP contribution in [0.2, 0.25) is 0 Å². The van der Waals surface area contributed by atoms with E-state index >= 15 is 0 Å². The van der Waals surface area contributed by atoms with E-state index in [9.17, 15) is 14.4 Å². The normalized spacial score (nSPS) is 13.3. The zero-order valence-electron chi connectivity index (χ0n) is 10.2. The molecule has 8 nitrogen and oxygen atoms in total. The second-order valence-electron chi connectivity index (χ2n) is 4.48. The molecule has 0 atom stereocenters. The molecular weight excluding hydrogens is 264 g/mol. The molecule has 1 aliphatic heterocycles. The first kappa shape index (κ1) is 12.2. The van der Waals surface area contributed by atoms with Gasteiger partial charge in [0.25, 0.3) is 5.56 Å². The van der Waals surface area contributed by atoms with Crippen LogP contribution in [0.25, 0.3) is 0 Å². The molecule has 0 saturated heterocycles. The summed E-state index contributed by atoms with van der Waals surface area (Å²) in [5, 5.41) is 14.9. The van der Waals surface area contributed by atoms with Gasteiger partial charge in [0, 0.05) is 13.1 Å². The number of hydrogen-bond donors (Lipinski definition) is 3. The largest absolute Gasteiger partial charge is 0.478 e. The summed E-state index contributed by atoms with van der Waals surface area (Å²) in [7, 11) is 0. The topological polar surface area (TPSA) is 119 Å². The molecule has 0 fully saturated rings. The smallest absolute Gasteiger partial charge is 0.342 e. The Balaban J connectivity index is 1.96. The van der Waals surface area contributed by atoms with Crippen LogP contribution in [0.5, 0.6) is 0 Å². The molecule has 20 heavy (non-hydrogen) atoms. The summed E-state index contributed by atoms with van der Waals surface area (Å²) < 4.78 is 0. The number of fused-ring (bicyclic) bond motifs is 1. The van der Waals surface area contributed by atoms with Crippen molar-refractivity contribution in [2.24, 2.45) is 0 Å². The predicted molar refractivity (Wildman–Crippen MR) is 68.8 cm³/mol. The van der Waals surface area contributed by atoms with Crippen LogP contribution in [0.1, 0.15) is 21.5 Å². The molecule has 1 aliphatic rings. The van der Waals surface area contributed by atoms with Gasteiger partial charge in [0.2, 0.25) is 5.82 Å². The minimum Gasteiger partial charge on any atom is -0.478 e. The van der Waals surface area contributed by atoms with Crippen molar-refractivity contribution in [2.75, 3.05) is 4.90 Å². The average molecular weight is 274 g/mol. The van der Waals surface area contributed by atoms with Gasteiger partial charge < -0.3 is 10.0 Å². The Hall–Kier alpha value is -2.90. The number of benzene rings is 1. The maximum absolute atomic E-state index is 11.7. The number of nitrogens with zero attached hydrogens (tertiary/aromatic N) is 2. The van der Waals surface area contributed by atoms with Gasteiger partial charge in [0.1, 0.15) is 0 Å². The Morgan fingerprint density at radius 2 is 2.00 bits per heavy atom. The number of carboxylic acids is 1. The number of H-pyrrole nitrogens is 2. The fraction of sp³-hybridized carbons (Fsp3) is 0.167. The highest BCUT2D eigenvalue weighted by molar-refractivity contribution is 5.88. The van der Waals surface area contributed by atoms with Gasteiger partial charge >= 0.3 is 11.7 Å². The molecule has 0 radical (unpaired) electrons. The SMILES string of the molecule is O=C(O)c1ccc2c(c1)CN(c1n[nH]c(=O)[nH]c1=O)C2. The molecule has 102 valence electrons. The molecule has 1 aromatic carbocycles. The molecule has 0 aliphatic carbocycles. The second-order valence-corrected chi connectivity index (χ2v) is 4.48. The quantitative estimate of drug-likeness (QED) is 0.690. The molecule has 0 unspecified atom stereocenters. The number of carbonyl (C=O) groups is 1. The van der Waals surface area contributed by atoms with Crippen LogP contribution < -0.4 is 16.1 Å². The van der Waals surface area contributed by atoms with Crippen molar-refractivity contribution in [3.05, 3.63) is 55.7 Å². The fourth-order valence-electron chi connectivity index (χ4n) is 2.23. The molecule has 3 rings (SSSR count). The van der Waals surface area contributed by atoms with Gasteiger partial charge in [0.15, 0.2) is 0 Å². The number of anilines is 1. The second kappa shape index (κ2) is 4.34. The van der Waals surface area contributed by atoms with E-state index in [1.807, 2.05) is 0 Å². The standard InChI is InChI=1S/C12H10N4O4/c17-10-9(14-15-12(20)13-10)16-4-7-2-1-6(11(18)19)3-8(7)5-16/h1-3H,4-5H2,(H,18,19)(H2,13,15,17,20). The van der Waals surface area contributed by atoms with Crippen molar-refractivity contribution in [3.8, 4) is 0 Å². The third kappa shape index (κ3) is 1.96. The summed E-state index contributed by atoms with van der Waals surface area (Å²) >= 11 is 0. The molecule has 0 amide bonds. The predicted octanol–water partition coefficient (Wildman–Crippen LogP) is -0.323. The summed E-state index contributed by atoms with van der Waals surface area (Å²) in [5.41, 5.74) is 0.734. The third-order valence-corrected chi connectivity index (χ3v) is 3.17. The lowest BCUT2D eigenvalue weighted by molar-refractivity contribution is 0.0697. The summed E-state index contributed by atoms with van der Waals surface area (Å²) in [5.74, 6) is -0.885. The molecule has 2 aromatic rings. The lowest BCUT2D eigenvalue weighted by Crippen LogP contribution is -2.31. The maximum Gasteiger partial charge on any atom is 0.342 e. The van der Waals surface area contributed by atoms with Crippen molar-refractivity contribution in [1.29, 1.82) is 0 Å². The molecule has 0 bridgehead atoms. The summed E-state index contributed by atoms with van der Waals surface area (Å²) in [6, 6.07) is 4.82. The number of aromatic carboxylic acids is 1. The van der Waals surface area contributed by atoms with Gasteiger partial charge in [0.05, 0.1) is 5.56 Å². The minimum absolute atomic E-state index is 0.109. The zero-order valence-corrected chi connectivity index (χ0v) is 10.2. The van der Waals surface area contributed by atoms with E-state index in [1.54, 1.807) is 17.0 Å². The Labute approximate surface area is 111 Å². The van der Waals surface area contributed by atoms with Crippen LogP contribution in [0.15, 0.2) is 27.8 Å². The first-order chi connectivity index (χ1) is 9.54. The summed E-state index contributed by atoms with van der Waals surface area (Å²) in [6.07, 6.45) is 0. The molecular formula is C12H10N4O4. The highest BCUT2D eigenvalue weighted by atomic mass is 16.4. The lowest BCUT2D eigenvalue weighted by Gasteiger charge is -2.13. The summed E-state index contributed by atoms with van der Waals surface area (Å²) in [4.78, 5) is 37.3. The van der Waals surface area contributed by atoms with E-state index < -0.39 is 17.2 Å². The fourth-order valence-corrected chi connectivity index (χ4v) is 2.23. The van der Waals surface area contributed by atoms with Crippen molar-refractivity contribution >= 4 is 11.8 Å². The van der Waals surface area contributed by atoms with Crippen LogP contribution in [0.3, 0.4) is 0 Å². The first-order valence-electron chi connectivity index (χ1n) is 5.83. The first-order valence-corrected chi connectivity index (χ1v) is 5.83. The van der Waals surface area contributed by atoms with Crippen LogP contribution in [-0.2, 0) is 13.1 Å². The minimum atomic E-state index is -0.994. The summed E-state index contributed by atoms with van der Waals surface area (Å²) in [6.45, 7) is 0.815. The van der Waals surface area contributed by atoms with Crippen molar-refractivity contribution in [1.82, 2.24) is 15.2 Å². The lowest BCUT2D eigenvalue weighted by atomic mass is 10.1. The van der Waals surface area contributed by atoms with Gasteiger partial charge in [-0.3, -0.25) is 9.78 Å². The van der Waals surface area contributed by atoms with Gasteiger partial charge in [-0.25, -0.2) is 14.7 Å². The Bertz CT molecular complexity index is 808. The van der Waals surface area contributed by atoms with Crippen molar-refractivity contribution in [3.63, 3.8) is 0 Å². The molecule has 0 spiro atoms. The number of rotatable bonds is 2. The van der Waals surface area contributed by atoms with E-state index in [1.165, 1.54) is 6.07 Å². The van der Waals surface area contributed by atoms with E-state index in [4.69, 9.17) is 5.11 Å². The van der Waals surface area contributed by atoms with E-state index in [2.05, 4.69) is 15.2 Å². The van der Waals surface area contributed by atoms with Crippen molar-refractivity contribution in [2.45, 2.75) is 13.1 Å². The van der Waals surface area contributed by atoms with Crippen LogP contribution >= 0.6 is 0 Å². The van der Waals surface area contributed by atoms with Gasteiger partial charge in [-0.2, -0.15) is 0 Å². The number of aromatic amines is 2. The van der Waals surface area contributed by atoms with Gasteiger partial charge in [-0.1, -0.05) is 6.07 Å². The highest BCUT2D eigenvalue weighted by Gasteiger charge is 2.23. The Morgan fingerprint density at radius 3 is 2.70 bits per heavy atom. The van der Waals surface area contributed by atoms with E-state index in [-0.39, 0.29) is 11.4 Å². The average Bonchev–Trinajstić information content (AvgIpc) is 2.80. The van der Waals surface area contributed by atoms with Crippen LogP contribution in [-0.4, -0.2) is 26.3 Å². The number of aromatic nitrogens is 3. The number of hydrogen-bond acceptors (Lipinski definition) is 5. The maximum atomic E-state index is 11.7. The number of nitrogens with one attached hydrogen (secondary N) is 2. The molecule has 2 heterocycles. The van der Waals surface area contributed by atoms with Gasteiger partial charge in [-0.15, -0.1) is 5.10 Å². The zero-order chi connectivity index (χ0) is 14.3. The van der Waals surface area contributed by atoms with Gasteiger partial charge in [-0.05, 0) is 23.3 Å². The Kier molecular flexibility index (Phi) is 2.63. The molecule has 3 N–H and O–H groups in total. The van der Waals surface area contributed by atoms with Crippen LogP contribution in [0, 0.1) is 0 Å². The third-order valence-electron chi connectivity index (χ3n) is 3.17. The Morgan fingerprint density at radius 1 is 1.25 bits per heavy atom.